The Hall–Kier alpha value is -1.61. The highest BCUT2D eigenvalue weighted by Crippen LogP contribution is 2.25. The number of rotatable bonds is 3. The molecule has 1 aliphatic rings. The molecule has 2 aromatic rings. The van der Waals surface area contributed by atoms with Crippen molar-refractivity contribution in [1.82, 2.24) is 10.3 Å². The van der Waals surface area contributed by atoms with Crippen LogP contribution in [0.25, 0.3) is 10.9 Å². The summed E-state index contributed by atoms with van der Waals surface area (Å²) in [5.74, 6) is 0.732. The number of para-hydroxylation sites is 1. The molecule has 0 radical (unpaired) electrons. The number of benzene rings is 1. The fourth-order valence-corrected chi connectivity index (χ4v) is 2.92. The number of aromatic nitrogens is 1. The smallest absolute Gasteiger partial charge is 0.0703 e. The third kappa shape index (κ3) is 3.53. The molecule has 1 saturated heterocycles. The van der Waals surface area contributed by atoms with Crippen molar-refractivity contribution < 1.29 is 0 Å². The highest BCUT2D eigenvalue weighted by atomic mass is 15.2. The first-order valence-corrected chi connectivity index (χ1v) is 7.86. The molecule has 2 heterocycles. The molecule has 3 heteroatoms. The lowest BCUT2D eigenvalue weighted by Gasteiger charge is -2.24. The van der Waals surface area contributed by atoms with E-state index in [0.29, 0.717) is 0 Å². The number of hydrogen-bond acceptors (Lipinski definition) is 3. The van der Waals surface area contributed by atoms with E-state index in [1.165, 1.54) is 17.5 Å². The Balaban J connectivity index is 1.67. The van der Waals surface area contributed by atoms with Crippen LogP contribution in [0.2, 0.25) is 0 Å². The summed E-state index contributed by atoms with van der Waals surface area (Å²) in [7, 11) is 0. The molecule has 0 amide bonds. The first-order valence-electron chi connectivity index (χ1n) is 7.86. The van der Waals surface area contributed by atoms with Gasteiger partial charge in [0.05, 0.1) is 17.4 Å². The van der Waals surface area contributed by atoms with Gasteiger partial charge >= 0.3 is 0 Å². The molecule has 112 valence electrons. The van der Waals surface area contributed by atoms with E-state index in [4.69, 9.17) is 0 Å². The molecule has 3 nitrogen and oxygen atoms in total. The molecule has 1 unspecified atom stereocenters. The number of nitrogens with one attached hydrogen (secondary N) is 1. The number of hydrogen-bond donors (Lipinski definition) is 1. The Bertz CT molecular complexity index is 615. The first kappa shape index (κ1) is 14.3. The Morgan fingerprint density at radius 2 is 2.10 bits per heavy atom. The van der Waals surface area contributed by atoms with Gasteiger partial charge in [-0.2, -0.15) is 0 Å². The maximum absolute atomic E-state index is 4.58. The predicted octanol–water partition coefficient (Wildman–Crippen LogP) is 3.45. The molecule has 1 N–H and O–H groups in total. The Kier molecular flexibility index (Phi) is 3.85. The molecule has 0 spiro atoms. The number of anilines is 1. The molecule has 0 aliphatic carbocycles. The summed E-state index contributed by atoms with van der Waals surface area (Å²) in [4.78, 5) is 7.05. The Morgan fingerprint density at radius 3 is 2.90 bits per heavy atom. The quantitative estimate of drug-likeness (QED) is 0.935. The van der Waals surface area contributed by atoms with E-state index in [1.807, 2.05) is 12.3 Å². The van der Waals surface area contributed by atoms with Gasteiger partial charge in [0.2, 0.25) is 0 Å². The summed E-state index contributed by atoms with van der Waals surface area (Å²) in [6.07, 6.45) is 3.28. The lowest BCUT2D eigenvalue weighted by Crippen LogP contribution is -2.39. The van der Waals surface area contributed by atoms with E-state index in [9.17, 15) is 0 Å². The SMILES string of the molecule is CC(C)(C)NCC1CCN(c2cnc3ccccc3c2)C1. The van der Waals surface area contributed by atoms with Crippen molar-refractivity contribution in [2.24, 2.45) is 5.92 Å². The first-order chi connectivity index (χ1) is 10.0. The van der Waals surface area contributed by atoms with Crippen molar-refractivity contribution in [3.05, 3.63) is 36.5 Å². The minimum atomic E-state index is 0.206. The van der Waals surface area contributed by atoms with Crippen LogP contribution >= 0.6 is 0 Å². The Labute approximate surface area is 127 Å². The summed E-state index contributed by atoms with van der Waals surface area (Å²) < 4.78 is 0. The van der Waals surface area contributed by atoms with Crippen LogP contribution in [0.5, 0.6) is 0 Å². The van der Waals surface area contributed by atoms with Crippen molar-refractivity contribution in [1.29, 1.82) is 0 Å². The van der Waals surface area contributed by atoms with Crippen LogP contribution in [0.1, 0.15) is 27.2 Å². The highest BCUT2D eigenvalue weighted by Gasteiger charge is 2.24. The predicted molar refractivity (Wildman–Crippen MR) is 89.8 cm³/mol. The lowest BCUT2D eigenvalue weighted by molar-refractivity contribution is 0.383. The van der Waals surface area contributed by atoms with Crippen molar-refractivity contribution in [3.63, 3.8) is 0 Å². The molecule has 3 rings (SSSR count). The van der Waals surface area contributed by atoms with Crippen LogP contribution in [-0.4, -0.2) is 30.2 Å². The van der Waals surface area contributed by atoms with Crippen LogP contribution in [0.3, 0.4) is 0 Å². The van der Waals surface area contributed by atoms with Crippen LogP contribution < -0.4 is 10.2 Å². The van der Waals surface area contributed by atoms with Crippen molar-refractivity contribution in [2.75, 3.05) is 24.5 Å². The van der Waals surface area contributed by atoms with Crippen molar-refractivity contribution in [2.45, 2.75) is 32.7 Å². The standard InChI is InChI=1S/C18H25N3/c1-18(2,3)20-11-14-8-9-21(13-14)16-10-15-6-4-5-7-17(15)19-12-16/h4-7,10,12,14,20H,8-9,11,13H2,1-3H3. The molecular formula is C18H25N3. The zero-order valence-electron chi connectivity index (χ0n) is 13.3. The maximum atomic E-state index is 4.58. The molecule has 1 aromatic carbocycles. The minimum absolute atomic E-state index is 0.206. The van der Waals surface area contributed by atoms with E-state index in [-0.39, 0.29) is 5.54 Å². The van der Waals surface area contributed by atoms with Gasteiger partial charge in [-0.05, 0) is 45.2 Å². The van der Waals surface area contributed by atoms with Gasteiger partial charge in [0.25, 0.3) is 0 Å². The molecule has 1 aliphatic heterocycles. The second-order valence-electron chi connectivity index (χ2n) is 7.12. The highest BCUT2D eigenvalue weighted by molar-refractivity contribution is 5.81. The van der Waals surface area contributed by atoms with Gasteiger partial charge in [-0.15, -0.1) is 0 Å². The van der Waals surface area contributed by atoms with Gasteiger partial charge < -0.3 is 10.2 Å². The van der Waals surface area contributed by atoms with Gasteiger partial charge in [0.1, 0.15) is 0 Å². The van der Waals surface area contributed by atoms with Crippen LogP contribution in [0, 0.1) is 5.92 Å². The molecule has 0 bridgehead atoms. The van der Waals surface area contributed by atoms with Crippen LogP contribution in [0.15, 0.2) is 36.5 Å². The summed E-state index contributed by atoms with van der Waals surface area (Å²) in [5, 5.41) is 4.85. The zero-order valence-corrected chi connectivity index (χ0v) is 13.3. The number of pyridine rings is 1. The number of nitrogens with zero attached hydrogens (tertiary/aromatic N) is 2. The van der Waals surface area contributed by atoms with E-state index in [1.54, 1.807) is 0 Å². The minimum Gasteiger partial charge on any atom is -0.370 e. The van der Waals surface area contributed by atoms with E-state index in [0.717, 1.165) is 31.1 Å². The second kappa shape index (κ2) is 5.64. The average Bonchev–Trinajstić information content (AvgIpc) is 2.93. The van der Waals surface area contributed by atoms with Gasteiger partial charge in [-0.25, -0.2) is 0 Å². The molecule has 0 saturated carbocycles. The number of fused-ring (bicyclic) bond motifs is 1. The fourth-order valence-electron chi connectivity index (χ4n) is 2.92. The second-order valence-corrected chi connectivity index (χ2v) is 7.12. The van der Waals surface area contributed by atoms with Gasteiger partial charge in [-0.3, -0.25) is 4.98 Å². The van der Waals surface area contributed by atoms with Crippen molar-refractivity contribution >= 4 is 16.6 Å². The fraction of sp³-hybridized carbons (Fsp3) is 0.500. The topological polar surface area (TPSA) is 28.2 Å². The zero-order chi connectivity index (χ0) is 14.9. The van der Waals surface area contributed by atoms with Crippen LogP contribution in [-0.2, 0) is 0 Å². The molecule has 1 fully saturated rings. The molecular weight excluding hydrogens is 258 g/mol. The average molecular weight is 283 g/mol. The maximum Gasteiger partial charge on any atom is 0.0703 e. The van der Waals surface area contributed by atoms with Crippen molar-refractivity contribution in [3.8, 4) is 0 Å². The van der Waals surface area contributed by atoms with Crippen LogP contribution in [0.4, 0.5) is 5.69 Å². The van der Waals surface area contributed by atoms with E-state index in [2.05, 4.69) is 60.2 Å². The monoisotopic (exact) mass is 283 g/mol. The third-order valence-electron chi connectivity index (χ3n) is 4.15. The molecule has 21 heavy (non-hydrogen) atoms. The summed E-state index contributed by atoms with van der Waals surface area (Å²) in [6.45, 7) is 10.0. The lowest BCUT2D eigenvalue weighted by atomic mass is 10.1. The summed E-state index contributed by atoms with van der Waals surface area (Å²) in [5.41, 5.74) is 2.54. The van der Waals surface area contributed by atoms with E-state index < -0.39 is 0 Å². The Morgan fingerprint density at radius 1 is 1.29 bits per heavy atom. The van der Waals surface area contributed by atoms with E-state index >= 15 is 0 Å². The van der Waals surface area contributed by atoms with Gasteiger partial charge in [0.15, 0.2) is 0 Å². The van der Waals surface area contributed by atoms with Gasteiger partial charge in [0, 0.05) is 30.6 Å². The van der Waals surface area contributed by atoms with Gasteiger partial charge in [-0.1, -0.05) is 18.2 Å². The largest absolute Gasteiger partial charge is 0.370 e. The molecule has 1 aromatic heterocycles. The summed E-state index contributed by atoms with van der Waals surface area (Å²) in [6, 6.07) is 10.6. The summed E-state index contributed by atoms with van der Waals surface area (Å²) >= 11 is 0. The molecule has 1 atom stereocenters. The third-order valence-corrected chi connectivity index (χ3v) is 4.15. The normalized spacial score (nSPS) is 19.4.